The van der Waals surface area contributed by atoms with Crippen molar-refractivity contribution in [3.63, 3.8) is 0 Å². The van der Waals surface area contributed by atoms with Crippen molar-refractivity contribution in [3.8, 4) is 11.8 Å². The predicted molar refractivity (Wildman–Crippen MR) is 116 cm³/mol. The predicted octanol–water partition coefficient (Wildman–Crippen LogP) is 4.06. The second-order valence-electron chi connectivity index (χ2n) is 6.68. The van der Waals surface area contributed by atoms with Gasteiger partial charge in [-0.1, -0.05) is 24.1 Å². The first-order chi connectivity index (χ1) is 13.5. The van der Waals surface area contributed by atoms with Gasteiger partial charge >= 0.3 is 0 Å². The highest BCUT2D eigenvalue weighted by Gasteiger charge is 2.09. The monoisotopic (exact) mass is 376 g/mol. The third kappa shape index (κ3) is 6.82. The quantitative estimate of drug-likeness (QED) is 0.414. The number of H-pyrrole nitrogens is 1. The van der Waals surface area contributed by atoms with Crippen LogP contribution in [-0.4, -0.2) is 17.4 Å². The molecular weight excluding hydrogens is 348 g/mol. The van der Waals surface area contributed by atoms with Crippen molar-refractivity contribution in [2.24, 2.45) is 5.73 Å². The van der Waals surface area contributed by atoms with Crippen LogP contribution in [0.5, 0.6) is 0 Å². The Hall–Kier alpha value is -3.23. The maximum atomic E-state index is 12.3. The summed E-state index contributed by atoms with van der Waals surface area (Å²) in [5, 5.41) is 6.00. The normalized spacial score (nSPS) is 10.8. The largest absolute Gasteiger partial charge is 0.357 e. The van der Waals surface area contributed by atoms with Crippen LogP contribution in [0.3, 0.4) is 0 Å². The zero-order valence-corrected chi connectivity index (χ0v) is 16.6. The first kappa shape index (κ1) is 21.1. The zero-order chi connectivity index (χ0) is 20.4. The molecule has 5 nitrogen and oxygen atoms in total. The molecule has 0 aliphatic rings. The lowest BCUT2D eigenvalue weighted by atomic mass is 10.1. The second kappa shape index (κ2) is 10.8. The fourth-order valence-corrected chi connectivity index (χ4v) is 2.57. The molecule has 1 amide bonds. The van der Waals surface area contributed by atoms with Gasteiger partial charge in [0.15, 0.2) is 0 Å². The van der Waals surface area contributed by atoms with Crippen LogP contribution < -0.4 is 16.4 Å². The van der Waals surface area contributed by atoms with Crippen molar-refractivity contribution in [1.29, 1.82) is 0 Å². The fraction of sp³-hybridized carbons (Fsp3) is 0.261. The Morgan fingerprint density at radius 2 is 2.14 bits per heavy atom. The van der Waals surface area contributed by atoms with E-state index in [1.54, 1.807) is 6.20 Å². The van der Waals surface area contributed by atoms with Crippen LogP contribution in [-0.2, 0) is 0 Å². The number of amides is 1. The molecule has 0 saturated heterocycles. The average molecular weight is 377 g/mol. The van der Waals surface area contributed by atoms with Crippen molar-refractivity contribution < 1.29 is 4.79 Å². The van der Waals surface area contributed by atoms with E-state index in [1.165, 1.54) is 5.57 Å². The number of aromatic nitrogens is 1. The van der Waals surface area contributed by atoms with Crippen molar-refractivity contribution >= 4 is 11.6 Å². The Balaban J connectivity index is 1.94. The van der Waals surface area contributed by atoms with Crippen LogP contribution in [0.4, 0.5) is 5.69 Å². The SMILES string of the molecule is C=C(C#Cc1cccc(NC(=O)c2[nH]ccc2C)c1)N/C=C(\C)CCCCN. The number of nitrogens with one attached hydrogen (secondary N) is 3. The molecule has 0 atom stereocenters. The molecule has 5 heteroatoms. The first-order valence-corrected chi connectivity index (χ1v) is 9.38. The molecule has 1 aromatic carbocycles. The Morgan fingerprint density at radius 3 is 2.86 bits per heavy atom. The second-order valence-corrected chi connectivity index (χ2v) is 6.68. The summed E-state index contributed by atoms with van der Waals surface area (Å²) in [6.07, 6.45) is 6.80. The summed E-state index contributed by atoms with van der Waals surface area (Å²) in [6.45, 7) is 8.62. The summed E-state index contributed by atoms with van der Waals surface area (Å²) in [5.74, 6) is 5.89. The van der Waals surface area contributed by atoms with Gasteiger partial charge in [-0.15, -0.1) is 0 Å². The number of hydrogen-bond donors (Lipinski definition) is 4. The highest BCUT2D eigenvalue weighted by atomic mass is 16.1. The molecule has 0 bridgehead atoms. The van der Waals surface area contributed by atoms with Crippen LogP contribution in [0.1, 0.15) is 47.8 Å². The molecule has 0 fully saturated rings. The van der Waals surface area contributed by atoms with Crippen LogP contribution in [0.25, 0.3) is 0 Å². The standard InChI is InChI=1S/C23H28N4O/c1-17(7-4-5-13-24)16-26-19(3)10-11-20-8-6-9-21(15-20)27-23(28)22-18(2)12-14-25-22/h6,8-9,12,14-16,25-26H,3-5,7,13,24H2,1-2H3,(H,27,28)/b17-16+. The van der Waals surface area contributed by atoms with Crippen molar-refractivity contribution in [3.05, 3.63) is 77.4 Å². The lowest BCUT2D eigenvalue weighted by Gasteiger charge is -2.05. The number of unbranched alkanes of at least 4 members (excludes halogenated alkanes) is 1. The maximum absolute atomic E-state index is 12.3. The van der Waals surface area contributed by atoms with Crippen LogP contribution in [0, 0.1) is 18.8 Å². The van der Waals surface area contributed by atoms with Gasteiger partial charge in [-0.05, 0) is 75.4 Å². The van der Waals surface area contributed by atoms with Gasteiger partial charge < -0.3 is 21.4 Å². The number of hydrogen-bond acceptors (Lipinski definition) is 3. The van der Waals surface area contributed by atoms with E-state index in [1.807, 2.05) is 43.5 Å². The zero-order valence-electron chi connectivity index (χ0n) is 16.6. The summed E-state index contributed by atoms with van der Waals surface area (Å²) in [4.78, 5) is 15.2. The van der Waals surface area contributed by atoms with Gasteiger partial charge in [0.1, 0.15) is 5.69 Å². The van der Waals surface area contributed by atoms with Crippen LogP contribution in [0.2, 0.25) is 0 Å². The fourth-order valence-electron chi connectivity index (χ4n) is 2.57. The van der Waals surface area contributed by atoms with Crippen LogP contribution in [0.15, 0.2) is 60.6 Å². The molecule has 0 saturated carbocycles. The molecule has 1 aromatic heterocycles. The Kier molecular flexibility index (Phi) is 8.13. The van der Waals surface area contributed by atoms with Gasteiger partial charge in [0.2, 0.25) is 0 Å². The van der Waals surface area contributed by atoms with Gasteiger partial charge in [0.25, 0.3) is 5.91 Å². The molecule has 2 aromatic rings. The molecule has 28 heavy (non-hydrogen) atoms. The topological polar surface area (TPSA) is 82.9 Å². The summed E-state index contributed by atoms with van der Waals surface area (Å²) in [7, 11) is 0. The number of allylic oxidation sites excluding steroid dienone is 2. The van der Waals surface area contributed by atoms with Crippen LogP contribution >= 0.6 is 0 Å². The van der Waals surface area contributed by atoms with E-state index in [-0.39, 0.29) is 5.91 Å². The minimum atomic E-state index is -0.172. The van der Waals surface area contributed by atoms with Gasteiger partial charge in [-0.2, -0.15) is 0 Å². The molecule has 0 unspecified atom stereocenters. The van der Waals surface area contributed by atoms with E-state index in [9.17, 15) is 4.79 Å². The van der Waals surface area contributed by atoms with Gasteiger partial charge in [0.05, 0.1) is 5.70 Å². The van der Waals surface area contributed by atoms with Crippen molar-refractivity contribution in [2.75, 3.05) is 11.9 Å². The van der Waals surface area contributed by atoms with E-state index < -0.39 is 0 Å². The van der Waals surface area contributed by atoms with E-state index in [2.05, 4.69) is 41.0 Å². The minimum Gasteiger partial charge on any atom is -0.357 e. The summed E-state index contributed by atoms with van der Waals surface area (Å²) in [5.41, 5.74) is 10.3. The molecule has 0 spiro atoms. The van der Waals surface area contributed by atoms with Gasteiger partial charge in [0, 0.05) is 23.6 Å². The number of nitrogens with two attached hydrogens (primary N) is 1. The first-order valence-electron chi connectivity index (χ1n) is 9.38. The van der Waals surface area contributed by atoms with Crippen molar-refractivity contribution in [1.82, 2.24) is 10.3 Å². The number of anilines is 1. The van der Waals surface area contributed by atoms with E-state index in [0.717, 1.165) is 36.9 Å². The van der Waals surface area contributed by atoms with Gasteiger partial charge in [-0.3, -0.25) is 4.79 Å². The maximum Gasteiger partial charge on any atom is 0.272 e. The molecule has 5 N–H and O–H groups in total. The molecule has 146 valence electrons. The summed E-state index contributed by atoms with van der Waals surface area (Å²) in [6, 6.07) is 9.29. The van der Waals surface area contributed by atoms with Crippen molar-refractivity contribution in [2.45, 2.75) is 33.1 Å². The molecule has 0 aliphatic carbocycles. The third-order valence-electron chi connectivity index (χ3n) is 4.18. The lowest BCUT2D eigenvalue weighted by Crippen LogP contribution is -2.13. The number of aromatic amines is 1. The number of carbonyl (C=O) groups is 1. The van der Waals surface area contributed by atoms with E-state index >= 15 is 0 Å². The molecular formula is C23H28N4O. The van der Waals surface area contributed by atoms with Gasteiger partial charge in [-0.25, -0.2) is 0 Å². The molecule has 0 radical (unpaired) electrons. The molecule has 1 heterocycles. The molecule has 2 rings (SSSR count). The Morgan fingerprint density at radius 1 is 1.32 bits per heavy atom. The highest BCUT2D eigenvalue weighted by molar-refractivity contribution is 6.04. The number of rotatable bonds is 8. The van der Waals surface area contributed by atoms with E-state index in [0.29, 0.717) is 17.1 Å². The number of aryl methyl sites for hydroxylation is 1. The highest BCUT2D eigenvalue weighted by Crippen LogP contribution is 2.13. The smallest absolute Gasteiger partial charge is 0.272 e. The number of benzene rings is 1. The summed E-state index contributed by atoms with van der Waals surface area (Å²) >= 11 is 0. The lowest BCUT2D eigenvalue weighted by molar-refractivity contribution is 0.102. The third-order valence-corrected chi connectivity index (χ3v) is 4.18. The van der Waals surface area contributed by atoms with E-state index in [4.69, 9.17) is 5.73 Å². The summed E-state index contributed by atoms with van der Waals surface area (Å²) < 4.78 is 0. The Bertz CT molecular complexity index is 912. The Labute approximate surface area is 167 Å². The average Bonchev–Trinajstić information content (AvgIpc) is 3.11. The molecule has 0 aliphatic heterocycles. The minimum absolute atomic E-state index is 0.172. The number of carbonyl (C=O) groups excluding carboxylic acids is 1.